The third-order valence-corrected chi connectivity index (χ3v) is 8.89. The summed E-state index contributed by atoms with van der Waals surface area (Å²) in [5, 5.41) is 8.43. The van der Waals surface area contributed by atoms with E-state index in [1.165, 1.54) is 0 Å². The largest absolute Gasteiger partial charge is 0.492 e. The number of nitrogen functional groups attached to an aromatic ring is 2. The summed E-state index contributed by atoms with van der Waals surface area (Å²) in [5.41, 5.74) is 11.4. The lowest BCUT2D eigenvalue weighted by molar-refractivity contribution is 0.199. The first kappa shape index (κ1) is 33.8. The molecule has 2 saturated heterocycles. The minimum Gasteiger partial charge on any atom is -0.492 e. The summed E-state index contributed by atoms with van der Waals surface area (Å²) in [6.07, 6.45) is 0. The van der Waals surface area contributed by atoms with Crippen LogP contribution in [0.15, 0.2) is 57.5 Å². The summed E-state index contributed by atoms with van der Waals surface area (Å²) >= 11 is 6.84. The molecule has 2 fully saturated rings. The minimum atomic E-state index is 0.327. The Labute approximate surface area is 286 Å². The second-order valence-corrected chi connectivity index (χ2v) is 12.9. The standard InChI is InChI=1S/2C15H21BrN6O/c1-20-14(17)18-15(19-20)22-8-6-21(7-9-22)10-11-23-13-4-2-12(16)3-5-13;1-20-15(18-14(17)19-20)22-8-6-21(7-9-22)10-11-23-13-4-2-12(16)3-5-13/h2-5H,6-11H2,1H3,(H2,17,18,19);2-5H,6-11H2,1H3,(H2,17,19). The highest BCUT2D eigenvalue weighted by molar-refractivity contribution is 9.10. The molecule has 4 heterocycles. The third kappa shape index (κ3) is 9.70. The average molecular weight is 763 g/mol. The van der Waals surface area contributed by atoms with Crippen molar-refractivity contribution in [2.45, 2.75) is 0 Å². The highest BCUT2D eigenvalue weighted by atomic mass is 79.9. The fourth-order valence-corrected chi connectivity index (χ4v) is 5.71. The van der Waals surface area contributed by atoms with E-state index < -0.39 is 0 Å². The highest BCUT2D eigenvalue weighted by Crippen LogP contribution is 2.18. The summed E-state index contributed by atoms with van der Waals surface area (Å²) in [4.78, 5) is 17.7. The summed E-state index contributed by atoms with van der Waals surface area (Å²) in [7, 11) is 3.68. The molecule has 0 atom stereocenters. The van der Waals surface area contributed by atoms with Crippen LogP contribution >= 0.6 is 31.9 Å². The number of ether oxygens (including phenoxy) is 2. The van der Waals surface area contributed by atoms with Gasteiger partial charge in [0.1, 0.15) is 24.7 Å². The van der Waals surface area contributed by atoms with Crippen molar-refractivity contribution in [1.29, 1.82) is 0 Å². The van der Waals surface area contributed by atoms with Gasteiger partial charge in [0.15, 0.2) is 0 Å². The zero-order valence-corrected chi connectivity index (χ0v) is 29.5. The van der Waals surface area contributed by atoms with Gasteiger partial charge >= 0.3 is 0 Å². The van der Waals surface area contributed by atoms with Gasteiger partial charge in [-0.15, -0.1) is 10.2 Å². The molecule has 46 heavy (non-hydrogen) atoms. The number of rotatable bonds is 10. The fourth-order valence-electron chi connectivity index (χ4n) is 5.18. The van der Waals surface area contributed by atoms with Crippen molar-refractivity contribution >= 4 is 55.7 Å². The Morgan fingerprint density at radius 1 is 0.630 bits per heavy atom. The SMILES string of the molecule is Cn1nc(N)nc1N1CCN(CCOc2ccc(Br)cc2)CC1.Cn1nc(N2CCN(CCOc3ccc(Br)cc3)CC2)nc1N. The van der Waals surface area contributed by atoms with Crippen molar-refractivity contribution in [2.24, 2.45) is 14.1 Å². The molecule has 2 aromatic heterocycles. The van der Waals surface area contributed by atoms with Gasteiger partial charge in [-0.25, -0.2) is 9.36 Å². The Hall–Kier alpha value is -3.60. The van der Waals surface area contributed by atoms with Gasteiger partial charge in [-0.05, 0) is 48.5 Å². The van der Waals surface area contributed by atoms with Gasteiger partial charge in [0.05, 0.1) is 0 Å². The maximum absolute atomic E-state index is 5.78. The van der Waals surface area contributed by atoms with Gasteiger partial charge in [-0.2, -0.15) is 9.97 Å². The molecular formula is C30H42Br2N12O2. The summed E-state index contributed by atoms with van der Waals surface area (Å²) < 4.78 is 17.0. The molecule has 6 rings (SSSR count). The zero-order valence-electron chi connectivity index (χ0n) is 26.3. The predicted molar refractivity (Wildman–Crippen MR) is 187 cm³/mol. The van der Waals surface area contributed by atoms with Gasteiger partial charge in [-0.1, -0.05) is 31.9 Å². The number of aromatic nitrogens is 6. The van der Waals surface area contributed by atoms with E-state index >= 15 is 0 Å². The number of benzene rings is 2. The number of aryl methyl sites for hydroxylation is 2. The number of nitrogens with two attached hydrogens (primary N) is 2. The molecule has 4 N–H and O–H groups in total. The van der Waals surface area contributed by atoms with Crippen LogP contribution in [0.3, 0.4) is 0 Å². The van der Waals surface area contributed by atoms with Gasteiger partial charge in [0.2, 0.25) is 23.8 Å². The van der Waals surface area contributed by atoms with E-state index in [0.717, 1.165) is 97.8 Å². The quantitative estimate of drug-likeness (QED) is 0.245. The van der Waals surface area contributed by atoms with Crippen molar-refractivity contribution in [2.75, 3.05) is 99.9 Å². The van der Waals surface area contributed by atoms with Gasteiger partial charge in [0, 0.05) is 88.5 Å². The number of piperazine rings is 2. The van der Waals surface area contributed by atoms with Crippen molar-refractivity contribution in [3.05, 3.63) is 57.5 Å². The van der Waals surface area contributed by atoms with E-state index in [-0.39, 0.29) is 0 Å². The molecule has 0 unspecified atom stereocenters. The number of hydrogen-bond donors (Lipinski definition) is 2. The lowest BCUT2D eigenvalue weighted by Gasteiger charge is -2.34. The lowest BCUT2D eigenvalue weighted by Crippen LogP contribution is -2.48. The van der Waals surface area contributed by atoms with Crippen LogP contribution in [0.1, 0.15) is 0 Å². The minimum absolute atomic E-state index is 0.327. The Bertz CT molecular complexity index is 1480. The van der Waals surface area contributed by atoms with Crippen molar-refractivity contribution in [3.8, 4) is 11.5 Å². The smallest absolute Gasteiger partial charge is 0.246 e. The first-order chi connectivity index (χ1) is 22.2. The van der Waals surface area contributed by atoms with E-state index in [0.29, 0.717) is 25.1 Å². The monoisotopic (exact) mass is 760 g/mol. The molecule has 0 saturated carbocycles. The Kier molecular flexibility index (Phi) is 12.0. The average Bonchev–Trinajstić information content (AvgIpc) is 3.58. The van der Waals surface area contributed by atoms with E-state index in [1.807, 2.05) is 62.6 Å². The molecule has 2 aromatic carbocycles. The molecule has 14 nitrogen and oxygen atoms in total. The topological polar surface area (TPSA) is 145 Å². The number of hydrogen-bond acceptors (Lipinski definition) is 12. The van der Waals surface area contributed by atoms with Crippen LogP contribution < -0.4 is 30.7 Å². The summed E-state index contributed by atoms with van der Waals surface area (Å²) in [6, 6.07) is 15.8. The molecule has 0 bridgehead atoms. The number of halogens is 2. The maximum atomic E-state index is 5.78. The zero-order chi connectivity index (χ0) is 32.5. The van der Waals surface area contributed by atoms with Crippen LogP contribution in [-0.2, 0) is 14.1 Å². The molecule has 2 aliphatic heterocycles. The van der Waals surface area contributed by atoms with E-state index in [1.54, 1.807) is 9.36 Å². The second-order valence-electron chi connectivity index (χ2n) is 11.0. The first-order valence-electron chi connectivity index (χ1n) is 15.3. The Balaban J connectivity index is 0.000000181. The van der Waals surface area contributed by atoms with Crippen molar-refractivity contribution < 1.29 is 9.47 Å². The van der Waals surface area contributed by atoms with Crippen LogP contribution in [-0.4, -0.2) is 118 Å². The third-order valence-electron chi connectivity index (χ3n) is 7.83. The van der Waals surface area contributed by atoms with Gasteiger partial charge in [-0.3, -0.25) is 9.80 Å². The van der Waals surface area contributed by atoms with Gasteiger partial charge < -0.3 is 30.7 Å². The van der Waals surface area contributed by atoms with Crippen LogP contribution in [0.4, 0.5) is 23.8 Å². The normalized spacial score (nSPS) is 15.8. The van der Waals surface area contributed by atoms with E-state index in [9.17, 15) is 0 Å². The fraction of sp³-hybridized carbons (Fsp3) is 0.467. The van der Waals surface area contributed by atoms with Crippen LogP contribution in [0.25, 0.3) is 0 Å². The van der Waals surface area contributed by atoms with Crippen LogP contribution in [0.2, 0.25) is 0 Å². The molecular weight excluding hydrogens is 720 g/mol. The molecule has 0 radical (unpaired) electrons. The molecule has 0 spiro atoms. The van der Waals surface area contributed by atoms with Crippen molar-refractivity contribution in [1.82, 2.24) is 39.3 Å². The predicted octanol–water partition coefficient (Wildman–Crippen LogP) is 2.72. The maximum Gasteiger partial charge on any atom is 0.246 e. The lowest BCUT2D eigenvalue weighted by atomic mass is 10.3. The van der Waals surface area contributed by atoms with Gasteiger partial charge in [0.25, 0.3) is 0 Å². The molecule has 2 aliphatic rings. The van der Waals surface area contributed by atoms with Crippen LogP contribution in [0.5, 0.6) is 11.5 Å². The highest BCUT2D eigenvalue weighted by Gasteiger charge is 2.22. The first-order valence-corrected chi connectivity index (χ1v) is 16.9. The van der Waals surface area contributed by atoms with E-state index in [2.05, 4.69) is 71.6 Å². The number of anilines is 4. The molecule has 248 valence electrons. The van der Waals surface area contributed by atoms with Crippen LogP contribution in [0, 0.1) is 0 Å². The number of nitrogens with zero attached hydrogens (tertiary/aromatic N) is 10. The van der Waals surface area contributed by atoms with Crippen molar-refractivity contribution in [3.63, 3.8) is 0 Å². The molecule has 16 heteroatoms. The molecule has 0 amide bonds. The summed E-state index contributed by atoms with van der Waals surface area (Å²) in [5.74, 6) is 4.14. The Morgan fingerprint density at radius 3 is 1.52 bits per heavy atom. The second kappa shape index (κ2) is 16.3. The summed E-state index contributed by atoms with van der Waals surface area (Å²) in [6.45, 7) is 10.8. The molecule has 4 aromatic rings. The molecule has 0 aliphatic carbocycles. The Morgan fingerprint density at radius 2 is 1.11 bits per heavy atom. The van der Waals surface area contributed by atoms with E-state index in [4.69, 9.17) is 20.9 Å².